The molecule has 0 saturated carbocycles. The molecule has 0 spiro atoms. The summed E-state index contributed by atoms with van der Waals surface area (Å²) in [5.41, 5.74) is 3.82. The number of carbonyl (C=O) groups is 1. The number of aryl methyl sites for hydroxylation is 1. The van der Waals surface area contributed by atoms with Crippen molar-refractivity contribution < 1.29 is 4.79 Å². The number of rotatable bonds is 2. The molecule has 0 aliphatic carbocycles. The number of nitrogens with zero attached hydrogens (tertiary/aromatic N) is 2. The average molecular weight is 325 g/mol. The van der Waals surface area contributed by atoms with Gasteiger partial charge < -0.3 is 10.6 Å². The fraction of sp³-hybridized carbons (Fsp3) is 0.286. The lowest BCUT2D eigenvalue weighted by atomic mass is 10.1. The van der Waals surface area contributed by atoms with E-state index >= 15 is 0 Å². The first kappa shape index (κ1) is 14.4. The van der Waals surface area contributed by atoms with Crippen LogP contribution in [0.5, 0.6) is 0 Å². The monoisotopic (exact) mass is 324 g/mol. The Kier molecular flexibility index (Phi) is 3.43. The van der Waals surface area contributed by atoms with Crippen LogP contribution < -0.4 is 10.6 Å². The molecule has 2 aromatic rings. The lowest BCUT2D eigenvalue weighted by Gasteiger charge is -2.11. The fourth-order valence-electron chi connectivity index (χ4n) is 2.58. The lowest BCUT2D eigenvalue weighted by Crippen LogP contribution is -2.23. The van der Waals surface area contributed by atoms with E-state index in [2.05, 4.69) is 15.7 Å². The number of benzene rings is 1. The van der Waals surface area contributed by atoms with Gasteiger partial charge in [0.25, 0.3) is 0 Å². The van der Waals surface area contributed by atoms with Gasteiger partial charge in [0.15, 0.2) is 0 Å². The second-order valence-electron chi connectivity index (χ2n) is 5.00. The highest BCUT2D eigenvalue weighted by Gasteiger charge is 2.30. The first-order chi connectivity index (χ1) is 9.93. The van der Waals surface area contributed by atoms with Crippen molar-refractivity contribution in [1.82, 2.24) is 15.1 Å². The molecule has 2 heterocycles. The van der Waals surface area contributed by atoms with Gasteiger partial charge >= 0.3 is 0 Å². The van der Waals surface area contributed by atoms with Crippen LogP contribution in [0.3, 0.4) is 0 Å². The lowest BCUT2D eigenvalue weighted by molar-refractivity contribution is -0.117. The van der Waals surface area contributed by atoms with Crippen LogP contribution in [0.4, 0.5) is 5.69 Å². The van der Waals surface area contributed by atoms with Crippen molar-refractivity contribution >= 4 is 34.8 Å². The molecule has 2 N–H and O–H groups in total. The summed E-state index contributed by atoms with van der Waals surface area (Å²) in [4.78, 5) is 11.9. The number of amides is 1. The summed E-state index contributed by atoms with van der Waals surface area (Å²) in [7, 11) is 1.74. The SMILES string of the molecule is CNC1C(=O)Nc2cc(-n3nc(C)c(Cl)c3C)c(Cl)cc21. The molecule has 0 radical (unpaired) electrons. The van der Waals surface area contributed by atoms with Crippen LogP contribution in [-0.2, 0) is 4.79 Å². The maximum atomic E-state index is 11.9. The highest BCUT2D eigenvalue weighted by molar-refractivity contribution is 6.33. The number of nitrogens with one attached hydrogen (secondary N) is 2. The van der Waals surface area contributed by atoms with Crippen LogP contribution in [0.1, 0.15) is 23.0 Å². The molecule has 5 nitrogen and oxygen atoms in total. The van der Waals surface area contributed by atoms with Crippen molar-refractivity contribution in [2.24, 2.45) is 0 Å². The van der Waals surface area contributed by atoms with Gasteiger partial charge in [-0.25, -0.2) is 4.68 Å². The molecule has 1 aromatic heterocycles. The molecule has 1 atom stereocenters. The van der Waals surface area contributed by atoms with Gasteiger partial charge in [-0.1, -0.05) is 23.2 Å². The third kappa shape index (κ3) is 2.12. The van der Waals surface area contributed by atoms with Gasteiger partial charge in [-0.3, -0.25) is 4.79 Å². The Labute approximate surface area is 132 Å². The molecule has 0 bridgehead atoms. The molecule has 0 saturated heterocycles. The molecule has 1 aliphatic heterocycles. The predicted octanol–water partition coefficient (Wildman–Crippen LogP) is 3.01. The van der Waals surface area contributed by atoms with Crippen molar-refractivity contribution in [3.63, 3.8) is 0 Å². The van der Waals surface area contributed by atoms with Crippen LogP contribution in [0.2, 0.25) is 10.0 Å². The van der Waals surface area contributed by atoms with Gasteiger partial charge in [0.1, 0.15) is 6.04 Å². The Morgan fingerprint density at radius 1 is 1.33 bits per heavy atom. The van der Waals surface area contributed by atoms with Crippen molar-refractivity contribution in [1.29, 1.82) is 0 Å². The smallest absolute Gasteiger partial charge is 0.246 e. The first-order valence-electron chi connectivity index (χ1n) is 6.47. The molecule has 1 amide bonds. The number of halogens is 2. The minimum Gasteiger partial charge on any atom is -0.324 e. The topological polar surface area (TPSA) is 59.0 Å². The number of carbonyl (C=O) groups excluding carboxylic acids is 1. The average Bonchev–Trinajstić information content (AvgIpc) is 2.88. The van der Waals surface area contributed by atoms with Crippen molar-refractivity contribution in [3.8, 4) is 5.69 Å². The molecule has 0 fully saturated rings. The van der Waals surface area contributed by atoms with E-state index < -0.39 is 0 Å². The summed E-state index contributed by atoms with van der Waals surface area (Å²) < 4.78 is 1.69. The third-order valence-electron chi connectivity index (χ3n) is 3.67. The van der Waals surface area contributed by atoms with E-state index in [-0.39, 0.29) is 11.9 Å². The van der Waals surface area contributed by atoms with Gasteiger partial charge in [0.05, 0.1) is 27.1 Å². The number of hydrogen-bond acceptors (Lipinski definition) is 3. The zero-order valence-electron chi connectivity index (χ0n) is 11.8. The molecule has 1 aliphatic rings. The Morgan fingerprint density at radius 3 is 2.62 bits per heavy atom. The standard InChI is InChI=1S/C14H14Cl2N4O/c1-6-12(16)7(2)20(19-6)11-5-10-8(4-9(11)15)13(17-3)14(21)18-10/h4-5,13,17H,1-3H3,(H,18,21). The first-order valence-corrected chi connectivity index (χ1v) is 7.23. The van der Waals surface area contributed by atoms with E-state index in [1.807, 2.05) is 19.9 Å². The summed E-state index contributed by atoms with van der Waals surface area (Å²) in [5, 5.41) is 11.3. The van der Waals surface area contributed by atoms with E-state index in [1.165, 1.54) is 0 Å². The maximum absolute atomic E-state index is 11.9. The highest BCUT2D eigenvalue weighted by atomic mass is 35.5. The molecule has 7 heteroatoms. The van der Waals surface area contributed by atoms with Crippen LogP contribution >= 0.6 is 23.2 Å². The Hall–Kier alpha value is -1.56. The quantitative estimate of drug-likeness (QED) is 0.892. The van der Waals surface area contributed by atoms with E-state index in [4.69, 9.17) is 23.2 Å². The van der Waals surface area contributed by atoms with E-state index in [1.54, 1.807) is 17.8 Å². The van der Waals surface area contributed by atoms with E-state index in [0.29, 0.717) is 15.7 Å². The minimum atomic E-state index is -0.379. The zero-order chi connectivity index (χ0) is 15.3. The summed E-state index contributed by atoms with van der Waals surface area (Å²) in [6.07, 6.45) is 0. The zero-order valence-corrected chi connectivity index (χ0v) is 13.3. The maximum Gasteiger partial charge on any atom is 0.246 e. The molecule has 21 heavy (non-hydrogen) atoms. The van der Waals surface area contributed by atoms with Crippen LogP contribution in [-0.4, -0.2) is 22.7 Å². The summed E-state index contributed by atoms with van der Waals surface area (Å²) >= 11 is 12.6. The number of anilines is 1. The number of likely N-dealkylation sites (N-methyl/N-ethyl adjacent to an activating group) is 1. The van der Waals surface area contributed by atoms with Crippen LogP contribution in [0.15, 0.2) is 12.1 Å². The summed E-state index contributed by atoms with van der Waals surface area (Å²) in [6, 6.07) is 3.23. The fourth-order valence-corrected chi connectivity index (χ4v) is 2.95. The molecule has 110 valence electrons. The van der Waals surface area contributed by atoms with Gasteiger partial charge in [-0.15, -0.1) is 0 Å². The highest BCUT2D eigenvalue weighted by Crippen LogP contribution is 2.37. The van der Waals surface area contributed by atoms with E-state index in [9.17, 15) is 4.79 Å². The molecule has 3 rings (SSSR count). The van der Waals surface area contributed by atoms with Crippen molar-refractivity contribution in [2.75, 3.05) is 12.4 Å². The Bertz CT molecular complexity index is 754. The second-order valence-corrected chi connectivity index (χ2v) is 5.78. The summed E-state index contributed by atoms with van der Waals surface area (Å²) in [6.45, 7) is 3.72. The number of fused-ring (bicyclic) bond motifs is 1. The van der Waals surface area contributed by atoms with Crippen LogP contribution in [0, 0.1) is 13.8 Å². The molecule has 1 aromatic carbocycles. The molecule has 1 unspecified atom stereocenters. The van der Waals surface area contributed by atoms with Gasteiger partial charge in [0.2, 0.25) is 5.91 Å². The molecular weight excluding hydrogens is 311 g/mol. The van der Waals surface area contributed by atoms with Crippen LogP contribution in [0.25, 0.3) is 5.69 Å². The minimum absolute atomic E-state index is 0.0906. The van der Waals surface area contributed by atoms with Crippen molar-refractivity contribution in [3.05, 3.63) is 39.1 Å². The predicted molar refractivity (Wildman–Crippen MR) is 83.5 cm³/mol. The van der Waals surface area contributed by atoms with Gasteiger partial charge in [0, 0.05) is 11.3 Å². The molecular formula is C14H14Cl2N4O. The largest absolute Gasteiger partial charge is 0.324 e. The summed E-state index contributed by atoms with van der Waals surface area (Å²) in [5.74, 6) is -0.0906. The van der Waals surface area contributed by atoms with Crippen molar-refractivity contribution in [2.45, 2.75) is 19.9 Å². The van der Waals surface area contributed by atoms with Gasteiger partial charge in [-0.2, -0.15) is 5.10 Å². The number of aromatic nitrogens is 2. The Balaban J connectivity index is 2.17. The second kappa shape index (κ2) is 5.02. The number of hydrogen-bond donors (Lipinski definition) is 2. The normalized spacial score (nSPS) is 17.0. The van der Waals surface area contributed by atoms with E-state index in [0.717, 1.165) is 22.6 Å². The van der Waals surface area contributed by atoms with Gasteiger partial charge in [-0.05, 0) is 33.0 Å². The Morgan fingerprint density at radius 2 is 2.05 bits per heavy atom. The third-order valence-corrected chi connectivity index (χ3v) is 4.52.